The van der Waals surface area contributed by atoms with Crippen LogP contribution in [0.3, 0.4) is 0 Å². The van der Waals surface area contributed by atoms with Gasteiger partial charge in [-0.2, -0.15) is 0 Å². The van der Waals surface area contributed by atoms with Gasteiger partial charge in [-0.1, -0.05) is 12.1 Å². The first kappa shape index (κ1) is 14.0. The number of nitrogens with one attached hydrogen (secondary N) is 1. The monoisotopic (exact) mass is 263 g/mol. The Morgan fingerprint density at radius 1 is 1.21 bits per heavy atom. The lowest BCUT2D eigenvalue weighted by Crippen LogP contribution is -2.52. The molecule has 0 radical (unpaired) electrons. The SMILES string of the molecule is COCc1ccc(C(=O)NN2CCN(C)CC2)cc1. The number of hydrazine groups is 1. The van der Waals surface area contributed by atoms with Crippen LogP contribution < -0.4 is 5.43 Å². The van der Waals surface area contributed by atoms with Crippen molar-refractivity contribution < 1.29 is 9.53 Å². The van der Waals surface area contributed by atoms with Gasteiger partial charge in [0.15, 0.2) is 0 Å². The van der Waals surface area contributed by atoms with E-state index < -0.39 is 0 Å². The Hall–Kier alpha value is -1.43. The molecular weight excluding hydrogens is 242 g/mol. The molecule has 0 aromatic heterocycles. The van der Waals surface area contributed by atoms with E-state index in [9.17, 15) is 4.79 Å². The van der Waals surface area contributed by atoms with Gasteiger partial charge in [-0.05, 0) is 24.7 Å². The molecule has 1 fully saturated rings. The molecule has 0 aliphatic carbocycles. The summed E-state index contributed by atoms with van der Waals surface area (Å²) >= 11 is 0. The third kappa shape index (κ3) is 4.02. The number of rotatable bonds is 4. The number of nitrogens with zero attached hydrogens (tertiary/aromatic N) is 2. The van der Waals surface area contributed by atoms with Crippen LogP contribution in [0.15, 0.2) is 24.3 Å². The fourth-order valence-electron chi connectivity index (χ4n) is 2.05. The topological polar surface area (TPSA) is 44.8 Å². The molecule has 1 saturated heterocycles. The van der Waals surface area contributed by atoms with Crippen molar-refractivity contribution in [3.8, 4) is 0 Å². The molecule has 1 heterocycles. The molecule has 1 N–H and O–H groups in total. The van der Waals surface area contributed by atoms with Crippen LogP contribution >= 0.6 is 0 Å². The number of hydrogen-bond acceptors (Lipinski definition) is 4. The van der Waals surface area contributed by atoms with Crippen molar-refractivity contribution >= 4 is 5.91 Å². The van der Waals surface area contributed by atoms with Crippen LogP contribution in [0.1, 0.15) is 15.9 Å². The standard InChI is InChI=1S/C14H21N3O2/c1-16-7-9-17(10-8-16)15-14(18)13-5-3-12(4-6-13)11-19-2/h3-6H,7-11H2,1-2H3,(H,15,18). The fourth-order valence-corrected chi connectivity index (χ4v) is 2.05. The lowest BCUT2D eigenvalue weighted by molar-refractivity contribution is 0.0662. The van der Waals surface area contributed by atoms with Crippen molar-refractivity contribution in [1.29, 1.82) is 0 Å². The maximum atomic E-state index is 12.1. The number of piperazine rings is 1. The van der Waals surface area contributed by atoms with Crippen molar-refractivity contribution in [1.82, 2.24) is 15.3 Å². The molecule has 1 amide bonds. The molecule has 5 nitrogen and oxygen atoms in total. The fraction of sp³-hybridized carbons (Fsp3) is 0.500. The third-order valence-corrected chi connectivity index (χ3v) is 3.29. The molecule has 0 spiro atoms. The van der Waals surface area contributed by atoms with Gasteiger partial charge in [0.05, 0.1) is 6.61 Å². The van der Waals surface area contributed by atoms with E-state index >= 15 is 0 Å². The first-order valence-corrected chi connectivity index (χ1v) is 6.51. The molecule has 1 aliphatic rings. The Morgan fingerprint density at radius 3 is 2.42 bits per heavy atom. The van der Waals surface area contributed by atoms with Gasteiger partial charge in [0, 0.05) is 38.9 Å². The highest BCUT2D eigenvalue weighted by Crippen LogP contribution is 2.06. The Bertz CT molecular complexity index is 411. The second-order valence-electron chi connectivity index (χ2n) is 4.86. The molecule has 1 aliphatic heterocycles. The predicted octanol–water partition coefficient (Wildman–Crippen LogP) is 0.725. The number of carbonyl (C=O) groups is 1. The number of carbonyl (C=O) groups excluding carboxylic acids is 1. The minimum atomic E-state index is -0.0477. The van der Waals surface area contributed by atoms with Gasteiger partial charge in [-0.25, -0.2) is 5.01 Å². The van der Waals surface area contributed by atoms with E-state index in [1.54, 1.807) is 7.11 Å². The van der Waals surface area contributed by atoms with Crippen LogP contribution in [0, 0.1) is 0 Å². The van der Waals surface area contributed by atoms with Gasteiger partial charge in [0.2, 0.25) is 0 Å². The minimum Gasteiger partial charge on any atom is -0.380 e. The van der Waals surface area contributed by atoms with E-state index in [0.29, 0.717) is 12.2 Å². The molecule has 0 saturated carbocycles. The summed E-state index contributed by atoms with van der Waals surface area (Å²) in [5.74, 6) is -0.0477. The summed E-state index contributed by atoms with van der Waals surface area (Å²) in [4.78, 5) is 14.3. The number of amides is 1. The van der Waals surface area contributed by atoms with E-state index in [4.69, 9.17) is 4.74 Å². The first-order chi connectivity index (χ1) is 9.19. The van der Waals surface area contributed by atoms with Crippen LogP contribution in [0.4, 0.5) is 0 Å². The normalized spacial score (nSPS) is 17.4. The highest BCUT2D eigenvalue weighted by molar-refractivity contribution is 5.93. The first-order valence-electron chi connectivity index (χ1n) is 6.51. The van der Waals surface area contributed by atoms with Crippen molar-refractivity contribution in [3.05, 3.63) is 35.4 Å². The van der Waals surface area contributed by atoms with E-state index in [-0.39, 0.29) is 5.91 Å². The Morgan fingerprint density at radius 2 is 1.84 bits per heavy atom. The third-order valence-electron chi connectivity index (χ3n) is 3.29. The quantitative estimate of drug-likeness (QED) is 0.869. The average Bonchev–Trinajstić information content (AvgIpc) is 2.42. The largest absolute Gasteiger partial charge is 0.380 e. The molecule has 0 atom stereocenters. The molecule has 0 unspecified atom stereocenters. The zero-order valence-corrected chi connectivity index (χ0v) is 11.6. The number of hydrogen-bond donors (Lipinski definition) is 1. The summed E-state index contributed by atoms with van der Waals surface area (Å²) in [6.07, 6.45) is 0. The summed E-state index contributed by atoms with van der Waals surface area (Å²) in [5.41, 5.74) is 4.69. The van der Waals surface area contributed by atoms with E-state index in [2.05, 4.69) is 17.4 Å². The number of likely N-dealkylation sites (N-methyl/N-ethyl adjacent to an activating group) is 1. The van der Waals surface area contributed by atoms with Gasteiger partial charge in [0.25, 0.3) is 5.91 Å². The Kier molecular flexibility index (Phi) is 4.90. The summed E-state index contributed by atoms with van der Waals surface area (Å²) in [6.45, 7) is 4.26. The maximum Gasteiger partial charge on any atom is 0.265 e. The summed E-state index contributed by atoms with van der Waals surface area (Å²) in [5, 5.41) is 1.98. The predicted molar refractivity (Wildman–Crippen MR) is 73.7 cm³/mol. The van der Waals surface area contributed by atoms with E-state index in [1.807, 2.05) is 29.3 Å². The molecular formula is C14H21N3O2. The number of benzene rings is 1. The van der Waals surface area contributed by atoms with Crippen LogP contribution in [0.2, 0.25) is 0 Å². The lowest BCUT2D eigenvalue weighted by Gasteiger charge is -2.32. The summed E-state index contributed by atoms with van der Waals surface area (Å²) in [6, 6.07) is 7.50. The average molecular weight is 263 g/mol. The van der Waals surface area contributed by atoms with Gasteiger partial charge >= 0.3 is 0 Å². The number of ether oxygens (including phenoxy) is 1. The van der Waals surface area contributed by atoms with Gasteiger partial charge < -0.3 is 9.64 Å². The second kappa shape index (κ2) is 6.65. The molecule has 104 valence electrons. The van der Waals surface area contributed by atoms with Crippen LogP contribution in [-0.4, -0.2) is 56.2 Å². The summed E-state index contributed by atoms with van der Waals surface area (Å²) in [7, 11) is 3.75. The zero-order valence-electron chi connectivity index (χ0n) is 11.6. The van der Waals surface area contributed by atoms with Crippen molar-refractivity contribution in [2.24, 2.45) is 0 Å². The zero-order chi connectivity index (χ0) is 13.7. The van der Waals surface area contributed by atoms with Crippen molar-refractivity contribution in [2.75, 3.05) is 40.3 Å². The second-order valence-corrected chi connectivity index (χ2v) is 4.86. The van der Waals surface area contributed by atoms with Crippen LogP contribution in [0.25, 0.3) is 0 Å². The van der Waals surface area contributed by atoms with Crippen molar-refractivity contribution in [2.45, 2.75) is 6.61 Å². The van der Waals surface area contributed by atoms with Gasteiger partial charge in [-0.3, -0.25) is 10.2 Å². The van der Waals surface area contributed by atoms with Crippen molar-refractivity contribution in [3.63, 3.8) is 0 Å². The molecule has 1 aromatic rings. The molecule has 5 heteroatoms. The smallest absolute Gasteiger partial charge is 0.265 e. The minimum absolute atomic E-state index is 0.0477. The molecule has 19 heavy (non-hydrogen) atoms. The van der Waals surface area contributed by atoms with Crippen LogP contribution in [-0.2, 0) is 11.3 Å². The molecule has 2 rings (SSSR count). The van der Waals surface area contributed by atoms with E-state index in [1.165, 1.54) is 0 Å². The van der Waals surface area contributed by atoms with Gasteiger partial charge in [-0.15, -0.1) is 0 Å². The maximum absolute atomic E-state index is 12.1. The Labute approximate surface area is 114 Å². The number of methoxy groups -OCH3 is 1. The Balaban J connectivity index is 1.88. The van der Waals surface area contributed by atoms with E-state index in [0.717, 1.165) is 31.7 Å². The summed E-state index contributed by atoms with van der Waals surface area (Å²) < 4.78 is 5.05. The highest BCUT2D eigenvalue weighted by atomic mass is 16.5. The molecule has 1 aromatic carbocycles. The van der Waals surface area contributed by atoms with Crippen LogP contribution in [0.5, 0.6) is 0 Å². The molecule has 0 bridgehead atoms. The van der Waals surface area contributed by atoms with Gasteiger partial charge in [0.1, 0.15) is 0 Å². The highest BCUT2D eigenvalue weighted by Gasteiger charge is 2.16. The lowest BCUT2D eigenvalue weighted by atomic mass is 10.1.